The van der Waals surface area contributed by atoms with Gasteiger partial charge in [-0.15, -0.1) is 0 Å². The summed E-state index contributed by atoms with van der Waals surface area (Å²) in [5.74, 6) is 0.761. The Hall–Kier alpha value is -3.11. The summed E-state index contributed by atoms with van der Waals surface area (Å²) in [6, 6.07) is 21.6. The molecule has 1 amide bonds. The van der Waals surface area contributed by atoms with Crippen LogP contribution in [0.15, 0.2) is 72.8 Å². The Balaban J connectivity index is 1.42. The summed E-state index contributed by atoms with van der Waals surface area (Å²) in [4.78, 5) is 12.6. The summed E-state index contributed by atoms with van der Waals surface area (Å²) < 4.78 is 5.05. The summed E-state index contributed by atoms with van der Waals surface area (Å²) >= 11 is 0. The van der Waals surface area contributed by atoms with Crippen molar-refractivity contribution in [2.24, 2.45) is 5.92 Å². The lowest BCUT2D eigenvalue weighted by Gasteiger charge is -2.37. The Morgan fingerprint density at radius 3 is 2.84 bits per heavy atom. The van der Waals surface area contributed by atoms with Gasteiger partial charge in [0, 0.05) is 37.4 Å². The highest BCUT2D eigenvalue weighted by atomic mass is 16.5. The number of hydrogen-bond acceptors (Lipinski definition) is 3. The molecule has 0 bridgehead atoms. The number of ether oxygens (including phenoxy) is 1. The fourth-order valence-corrected chi connectivity index (χ4v) is 4.99. The molecule has 0 fully saturated rings. The molecule has 1 aliphatic carbocycles. The number of benzene rings is 3. The van der Waals surface area contributed by atoms with E-state index in [0.29, 0.717) is 25.0 Å². The van der Waals surface area contributed by atoms with Crippen LogP contribution < -0.4 is 10.6 Å². The van der Waals surface area contributed by atoms with Gasteiger partial charge >= 0.3 is 0 Å². The number of methoxy groups -OCH3 is 1. The second kappa shape index (κ2) is 8.56. The van der Waals surface area contributed by atoms with Crippen LogP contribution >= 0.6 is 0 Å². The lowest BCUT2D eigenvalue weighted by molar-refractivity contribution is 0.0948. The van der Waals surface area contributed by atoms with E-state index in [9.17, 15) is 4.79 Å². The van der Waals surface area contributed by atoms with Gasteiger partial charge in [0.05, 0.1) is 6.04 Å². The van der Waals surface area contributed by atoms with Crippen molar-refractivity contribution in [3.63, 3.8) is 0 Å². The Labute approximate surface area is 183 Å². The number of carbonyl (C=O) groups excluding carboxylic acids is 1. The average Bonchev–Trinajstić information content (AvgIpc) is 3.31. The van der Waals surface area contributed by atoms with Crippen LogP contribution in [0.2, 0.25) is 0 Å². The van der Waals surface area contributed by atoms with Crippen molar-refractivity contribution < 1.29 is 9.53 Å². The maximum atomic E-state index is 12.6. The zero-order valence-corrected chi connectivity index (χ0v) is 17.8. The smallest absolute Gasteiger partial charge is 0.251 e. The van der Waals surface area contributed by atoms with Gasteiger partial charge in [-0.3, -0.25) is 4.79 Å². The van der Waals surface area contributed by atoms with Gasteiger partial charge in [0.2, 0.25) is 0 Å². The van der Waals surface area contributed by atoms with E-state index in [-0.39, 0.29) is 11.9 Å². The number of allylic oxidation sites excluding steroid dienone is 2. The molecule has 0 radical (unpaired) electrons. The second-order valence-corrected chi connectivity index (χ2v) is 8.49. The molecule has 0 saturated heterocycles. The van der Waals surface area contributed by atoms with Crippen molar-refractivity contribution in [2.45, 2.75) is 24.8 Å². The molecular formula is C27H28N2O2. The minimum Gasteiger partial charge on any atom is -0.385 e. The molecule has 2 aliphatic rings. The van der Waals surface area contributed by atoms with E-state index >= 15 is 0 Å². The zero-order chi connectivity index (χ0) is 21.2. The maximum Gasteiger partial charge on any atom is 0.251 e. The second-order valence-electron chi connectivity index (χ2n) is 8.49. The van der Waals surface area contributed by atoms with Crippen molar-refractivity contribution in [3.8, 4) is 0 Å². The van der Waals surface area contributed by atoms with E-state index < -0.39 is 0 Å². The zero-order valence-electron chi connectivity index (χ0n) is 17.8. The maximum absolute atomic E-state index is 12.6. The molecule has 3 aromatic carbocycles. The molecule has 0 spiro atoms. The highest BCUT2D eigenvalue weighted by molar-refractivity contribution is 5.95. The molecule has 4 nitrogen and oxygen atoms in total. The molecule has 158 valence electrons. The van der Waals surface area contributed by atoms with Crippen LogP contribution in [-0.2, 0) is 4.74 Å². The van der Waals surface area contributed by atoms with Crippen LogP contribution in [0.3, 0.4) is 0 Å². The van der Waals surface area contributed by atoms with Crippen molar-refractivity contribution >= 4 is 22.4 Å². The number of fused-ring (bicyclic) bond motifs is 4. The Bertz CT molecular complexity index is 1140. The van der Waals surface area contributed by atoms with Gasteiger partial charge in [-0.1, -0.05) is 48.6 Å². The molecule has 0 saturated carbocycles. The fourth-order valence-electron chi connectivity index (χ4n) is 4.99. The lowest BCUT2D eigenvalue weighted by Crippen LogP contribution is -2.30. The number of anilines is 1. The van der Waals surface area contributed by atoms with Gasteiger partial charge in [0.25, 0.3) is 5.91 Å². The third-order valence-corrected chi connectivity index (χ3v) is 6.57. The fraction of sp³-hybridized carbons (Fsp3) is 0.296. The van der Waals surface area contributed by atoms with Crippen molar-refractivity contribution in [2.75, 3.05) is 25.6 Å². The molecule has 1 heterocycles. The molecule has 4 heteroatoms. The Morgan fingerprint density at radius 1 is 1.10 bits per heavy atom. The van der Waals surface area contributed by atoms with Gasteiger partial charge in [-0.05, 0) is 64.9 Å². The van der Waals surface area contributed by atoms with Crippen molar-refractivity contribution in [1.82, 2.24) is 5.32 Å². The first-order chi connectivity index (χ1) is 15.2. The lowest BCUT2D eigenvalue weighted by atomic mass is 9.76. The molecule has 2 N–H and O–H groups in total. The molecule has 31 heavy (non-hydrogen) atoms. The summed E-state index contributed by atoms with van der Waals surface area (Å²) in [7, 11) is 1.68. The topological polar surface area (TPSA) is 50.4 Å². The van der Waals surface area contributed by atoms with Crippen molar-refractivity contribution in [3.05, 3.63) is 89.5 Å². The molecule has 3 atom stereocenters. The van der Waals surface area contributed by atoms with Gasteiger partial charge < -0.3 is 15.4 Å². The third kappa shape index (κ3) is 3.84. The standard InChI is InChI=1S/C27H28N2O2/c1-31-15-5-14-28-27(30)21-12-13-25-24(17-21)22-8-4-9-23(22)26(29-25)20-11-10-18-6-2-3-7-19(18)16-20/h2-4,6-8,10-13,16-17,22-23,26,29H,5,9,14-15H2,1H3,(H,28,30). The largest absolute Gasteiger partial charge is 0.385 e. The predicted octanol–water partition coefficient (Wildman–Crippen LogP) is 5.43. The van der Waals surface area contributed by atoms with E-state index in [1.165, 1.54) is 21.9 Å². The van der Waals surface area contributed by atoms with E-state index in [4.69, 9.17) is 4.74 Å². The van der Waals surface area contributed by atoms with Gasteiger partial charge in [0.1, 0.15) is 0 Å². The van der Waals surface area contributed by atoms with E-state index in [0.717, 1.165) is 24.1 Å². The first-order valence-corrected chi connectivity index (χ1v) is 11.1. The van der Waals surface area contributed by atoms with Gasteiger partial charge in [0.15, 0.2) is 0 Å². The first kappa shape index (κ1) is 19.8. The van der Waals surface area contributed by atoms with Crippen LogP contribution in [0.1, 0.15) is 46.3 Å². The Morgan fingerprint density at radius 2 is 1.97 bits per heavy atom. The monoisotopic (exact) mass is 412 g/mol. The Kier molecular flexibility index (Phi) is 5.47. The van der Waals surface area contributed by atoms with E-state index in [1.807, 2.05) is 6.07 Å². The molecule has 3 unspecified atom stereocenters. The van der Waals surface area contributed by atoms with E-state index in [1.54, 1.807) is 7.11 Å². The van der Waals surface area contributed by atoms with Crippen LogP contribution in [0, 0.1) is 5.92 Å². The van der Waals surface area contributed by atoms with Crippen LogP contribution in [0.4, 0.5) is 5.69 Å². The summed E-state index contributed by atoms with van der Waals surface area (Å²) in [6.07, 6.45) is 6.47. The van der Waals surface area contributed by atoms with Gasteiger partial charge in [-0.25, -0.2) is 0 Å². The van der Waals surface area contributed by atoms with Crippen LogP contribution in [-0.4, -0.2) is 26.2 Å². The number of hydrogen-bond donors (Lipinski definition) is 2. The molecule has 1 aliphatic heterocycles. The summed E-state index contributed by atoms with van der Waals surface area (Å²) in [6.45, 7) is 1.27. The van der Waals surface area contributed by atoms with Gasteiger partial charge in [-0.2, -0.15) is 0 Å². The number of amides is 1. The average molecular weight is 413 g/mol. The van der Waals surface area contributed by atoms with Crippen LogP contribution in [0.25, 0.3) is 10.8 Å². The summed E-state index contributed by atoms with van der Waals surface area (Å²) in [5.41, 5.74) is 4.39. The normalized spacial score (nSPS) is 21.4. The number of carbonyl (C=O) groups is 1. The number of nitrogens with one attached hydrogen (secondary N) is 2. The van der Waals surface area contributed by atoms with Crippen LogP contribution in [0.5, 0.6) is 0 Å². The minimum absolute atomic E-state index is 0.0194. The summed E-state index contributed by atoms with van der Waals surface area (Å²) in [5, 5.41) is 9.32. The third-order valence-electron chi connectivity index (χ3n) is 6.57. The number of rotatable bonds is 6. The predicted molar refractivity (Wildman–Crippen MR) is 126 cm³/mol. The minimum atomic E-state index is -0.0194. The molecule has 0 aromatic heterocycles. The molecular weight excluding hydrogens is 384 g/mol. The molecule has 5 rings (SSSR count). The van der Waals surface area contributed by atoms with E-state index in [2.05, 4.69) is 77.4 Å². The molecule has 3 aromatic rings. The highest BCUT2D eigenvalue weighted by Crippen LogP contribution is 2.50. The first-order valence-electron chi connectivity index (χ1n) is 11.1. The highest BCUT2D eigenvalue weighted by Gasteiger charge is 2.38. The SMILES string of the molecule is COCCCNC(=O)c1ccc2c(c1)C1C=CCC1C(c1ccc3ccccc3c1)N2. The van der Waals surface area contributed by atoms with Crippen molar-refractivity contribution in [1.29, 1.82) is 0 Å². The quantitative estimate of drug-likeness (QED) is 0.419.